The maximum Gasteiger partial charge on any atom is 0.261 e. The molecule has 0 aliphatic carbocycles. The van der Waals surface area contributed by atoms with Gasteiger partial charge >= 0.3 is 0 Å². The van der Waals surface area contributed by atoms with E-state index in [0.717, 1.165) is 24.3 Å². The second-order valence-corrected chi connectivity index (χ2v) is 4.93. The summed E-state index contributed by atoms with van der Waals surface area (Å²) in [5.41, 5.74) is 0. The van der Waals surface area contributed by atoms with E-state index >= 15 is 0 Å². The summed E-state index contributed by atoms with van der Waals surface area (Å²) in [5, 5.41) is 11.4. The van der Waals surface area contributed by atoms with E-state index in [-0.39, 0.29) is 12.5 Å². The average molecular weight is 281 g/mol. The molecule has 0 aliphatic rings. The van der Waals surface area contributed by atoms with Crippen LogP contribution in [-0.2, 0) is 4.74 Å². The van der Waals surface area contributed by atoms with Gasteiger partial charge in [-0.1, -0.05) is 25.2 Å². The van der Waals surface area contributed by atoms with E-state index < -0.39 is 0 Å². The van der Waals surface area contributed by atoms with Crippen molar-refractivity contribution in [2.75, 3.05) is 26.4 Å². The topological polar surface area (TPSA) is 58.6 Å². The van der Waals surface area contributed by atoms with Crippen molar-refractivity contribution in [3.8, 4) is 11.8 Å². The average Bonchev–Trinajstić information content (AvgIpc) is 2.89. The minimum absolute atomic E-state index is 0.110. The van der Waals surface area contributed by atoms with Crippen LogP contribution in [0.4, 0.5) is 0 Å². The number of amides is 1. The quantitative estimate of drug-likeness (QED) is 0.590. The summed E-state index contributed by atoms with van der Waals surface area (Å²) in [6.45, 7) is 3.73. The lowest BCUT2D eigenvalue weighted by Crippen LogP contribution is -2.26. The summed E-state index contributed by atoms with van der Waals surface area (Å²) < 4.78 is 5.36. The molecule has 0 radical (unpaired) electrons. The molecule has 0 saturated carbocycles. The summed E-state index contributed by atoms with van der Waals surface area (Å²) in [7, 11) is 0. The van der Waals surface area contributed by atoms with Gasteiger partial charge in [-0.15, -0.1) is 11.3 Å². The first-order valence-electron chi connectivity index (χ1n) is 6.33. The molecule has 4 nitrogen and oxygen atoms in total. The molecule has 0 aromatic carbocycles. The first kappa shape index (κ1) is 15.7. The monoisotopic (exact) mass is 281 g/mol. The van der Waals surface area contributed by atoms with E-state index in [1.807, 2.05) is 0 Å². The molecule has 0 unspecified atom stereocenters. The van der Waals surface area contributed by atoms with E-state index in [4.69, 9.17) is 9.84 Å². The number of hydrogen-bond acceptors (Lipinski definition) is 4. The first-order valence-corrected chi connectivity index (χ1v) is 7.15. The van der Waals surface area contributed by atoms with Crippen LogP contribution in [0, 0.1) is 11.8 Å². The lowest BCUT2D eigenvalue weighted by molar-refractivity contribution is 0.0916. The van der Waals surface area contributed by atoms with Crippen molar-refractivity contribution in [1.82, 2.24) is 5.32 Å². The van der Waals surface area contributed by atoms with E-state index in [1.54, 1.807) is 12.1 Å². The number of rotatable bonds is 7. The van der Waals surface area contributed by atoms with Crippen LogP contribution in [0.2, 0.25) is 0 Å². The van der Waals surface area contributed by atoms with Crippen LogP contribution in [-0.4, -0.2) is 37.4 Å². The Bertz CT molecular complexity index is 445. The number of carbonyl (C=O) groups excluding carboxylic acids is 1. The van der Waals surface area contributed by atoms with Gasteiger partial charge in [-0.05, 0) is 18.6 Å². The zero-order chi connectivity index (χ0) is 13.9. The van der Waals surface area contributed by atoms with Crippen molar-refractivity contribution in [1.29, 1.82) is 0 Å². The van der Waals surface area contributed by atoms with Crippen molar-refractivity contribution in [3.05, 3.63) is 21.9 Å². The fourth-order valence-corrected chi connectivity index (χ4v) is 2.12. The maximum atomic E-state index is 11.8. The Hall–Kier alpha value is -1.35. The number of aliphatic hydroxyl groups excluding tert-OH is 1. The molecular weight excluding hydrogens is 262 g/mol. The van der Waals surface area contributed by atoms with Crippen LogP contribution in [0.15, 0.2) is 12.1 Å². The molecule has 1 aromatic rings. The Morgan fingerprint density at radius 1 is 1.47 bits per heavy atom. The van der Waals surface area contributed by atoms with Crippen LogP contribution in [0.1, 0.15) is 34.3 Å². The van der Waals surface area contributed by atoms with E-state index in [0.29, 0.717) is 18.0 Å². The Morgan fingerprint density at radius 2 is 2.32 bits per heavy atom. The summed E-state index contributed by atoms with van der Waals surface area (Å²) in [6.07, 6.45) is 2.16. The fraction of sp³-hybridized carbons (Fsp3) is 0.500. The number of nitrogens with one attached hydrogen (secondary N) is 1. The number of unbranched alkanes of at least 4 members (excludes halogenated alkanes) is 1. The van der Waals surface area contributed by atoms with Gasteiger partial charge in [0.25, 0.3) is 5.91 Å². The molecule has 0 saturated heterocycles. The summed E-state index contributed by atoms with van der Waals surface area (Å²) in [4.78, 5) is 13.2. The maximum absolute atomic E-state index is 11.8. The van der Waals surface area contributed by atoms with Gasteiger partial charge in [-0.25, -0.2) is 0 Å². The molecule has 0 fully saturated rings. The zero-order valence-electron chi connectivity index (χ0n) is 11.1. The molecule has 104 valence electrons. The highest BCUT2D eigenvalue weighted by atomic mass is 32.1. The Morgan fingerprint density at radius 3 is 3.05 bits per heavy atom. The fourth-order valence-electron chi connectivity index (χ4n) is 1.33. The molecule has 1 heterocycles. The molecule has 0 spiro atoms. The van der Waals surface area contributed by atoms with E-state index in [2.05, 4.69) is 24.1 Å². The predicted molar refractivity (Wildman–Crippen MR) is 76.3 cm³/mol. The number of ether oxygens (including phenoxy) is 1. The Kier molecular flexibility index (Phi) is 7.91. The van der Waals surface area contributed by atoms with Gasteiger partial charge in [0.1, 0.15) is 6.61 Å². The molecule has 2 N–H and O–H groups in total. The number of hydrogen-bond donors (Lipinski definition) is 2. The molecule has 1 aromatic heterocycles. The van der Waals surface area contributed by atoms with Gasteiger partial charge < -0.3 is 15.2 Å². The van der Waals surface area contributed by atoms with E-state index in [9.17, 15) is 4.79 Å². The number of thiophene rings is 1. The minimum atomic E-state index is -0.172. The second-order valence-electron chi connectivity index (χ2n) is 3.85. The predicted octanol–water partition coefficient (Wildman–Crippen LogP) is 1.64. The van der Waals surface area contributed by atoms with Crippen molar-refractivity contribution >= 4 is 17.2 Å². The molecular formula is C14H19NO3S. The van der Waals surface area contributed by atoms with Gasteiger partial charge in [0.15, 0.2) is 0 Å². The highest BCUT2D eigenvalue weighted by molar-refractivity contribution is 7.14. The van der Waals surface area contributed by atoms with Crippen LogP contribution in [0.5, 0.6) is 0 Å². The van der Waals surface area contributed by atoms with E-state index in [1.165, 1.54) is 11.3 Å². The van der Waals surface area contributed by atoms with Crippen molar-refractivity contribution < 1.29 is 14.6 Å². The van der Waals surface area contributed by atoms with Crippen molar-refractivity contribution in [3.63, 3.8) is 0 Å². The number of aliphatic hydroxyl groups is 1. The molecule has 1 amide bonds. The zero-order valence-corrected chi connectivity index (χ0v) is 11.9. The highest BCUT2D eigenvalue weighted by Gasteiger charge is 2.07. The van der Waals surface area contributed by atoms with Gasteiger partial charge in [0.05, 0.1) is 16.4 Å². The molecule has 5 heteroatoms. The number of carbonyl (C=O) groups is 1. The normalized spacial score (nSPS) is 9.79. The summed E-state index contributed by atoms with van der Waals surface area (Å²) >= 11 is 1.32. The van der Waals surface area contributed by atoms with Gasteiger partial charge in [-0.3, -0.25) is 4.79 Å². The van der Waals surface area contributed by atoms with Gasteiger partial charge in [0, 0.05) is 13.2 Å². The smallest absolute Gasteiger partial charge is 0.261 e. The first-order chi connectivity index (χ1) is 9.27. The molecule has 0 atom stereocenters. The van der Waals surface area contributed by atoms with Gasteiger partial charge in [0.2, 0.25) is 0 Å². The van der Waals surface area contributed by atoms with Gasteiger partial charge in [-0.2, -0.15) is 0 Å². The molecule has 1 rings (SSSR count). The van der Waals surface area contributed by atoms with Crippen LogP contribution < -0.4 is 5.32 Å². The third kappa shape index (κ3) is 6.39. The van der Waals surface area contributed by atoms with Crippen LogP contribution >= 0.6 is 11.3 Å². The molecule has 0 aliphatic heterocycles. The molecule has 0 bridgehead atoms. The standard InChI is InChI=1S/C14H19NO3S/c1-2-3-10-18-11-8-15-14(17)13-7-6-12(19-13)5-4-9-16/h6-7,16H,2-3,8-11H2,1H3,(H,15,17). The minimum Gasteiger partial charge on any atom is -0.384 e. The van der Waals surface area contributed by atoms with Crippen LogP contribution in [0.25, 0.3) is 0 Å². The van der Waals surface area contributed by atoms with Crippen molar-refractivity contribution in [2.45, 2.75) is 19.8 Å². The third-order valence-electron chi connectivity index (χ3n) is 2.29. The van der Waals surface area contributed by atoms with Crippen molar-refractivity contribution in [2.24, 2.45) is 0 Å². The Labute approximate surface area is 117 Å². The summed E-state index contributed by atoms with van der Waals surface area (Å²) in [6, 6.07) is 3.51. The second kappa shape index (κ2) is 9.56. The lowest BCUT2D eigenvalue weighted by Gasteiger charge is -2.04. The van der Waals surface area contributed by atoms with Crippen LogP contribution in [0.3, 0.4) is 0 Å². The molecule has 19 heavy (non-hydrogen) atoms. The summed E-state index contributed by atoms with van der Waals surface area (Å²) in [5.74, 6) is 5.22. The SMILES string of the molecule is CCCCOCCNC(=O)c1ccc(C#CCO)s1. The lowest BCUT2D eigenvalue weighted by atomic mass is 10.4. The third-order valence-corrected chi connectivity index (χ3v) is 3.29. The Balaban J connectivity index is 2.27. The largest absolute Gasteiger partial charge is 0.384 e. The highest BCUT2D eigenvalue weighted by Crippen LogP contribution is 2.14.